The van der Waals surface area contributed by atoms with E-state index in [1.807, 2.05) is 24.9 Å². The molecular formula is C19H29N3O4S. The summed E-state index contributed by atoms with van der Waals surface area (Å²) in [5.74, 6) is 0.153. The second kappa shape index (κ2) is 8.16. The van der Waals surface area contributed by atoms with Gasteiger partial charge in [-0.15, -0.1) is 0 Å². The molecule has 1 unspecified atom stereocenters. The first-order valence-corrected chi connectivity index (χ1v) is 10.9. The quantitative estimate of drug-likeness (QED) is 0.766. The number of sulfonamides is 1. The molecule has 0 spiro atoms. The molecule has 0 N–H and O–H groups in total. The van der Waals surface area contributed by atoms with Crippen LogP contribution in [0.4, 0.5) is 0 Å². The molecule has 0 bridgehead atoms. The molecule has 1 amide bonds. The monoisotopic (exact) mass is 395 g/mol. The van der Waals surface area contributed by atoms with Crippen molar-refractivity contribution in [1.82, 2.24) is 14.1 Å². The normalized spacial score (nSPS) is 22.6. The molecule has 2 saturated heterocycles. The Morgan fingerprint density at radius 3 is 2.52 bits per heavy atom. The van der Waals surface area contributed by atoms with E-state index in [0.717, 1.165) is 25.1 Å². The zero-order valence-electron chi connectivity index (χ0n) is 16.3. The third-order valence-electron chi connectivity index (χ3n) is 5.49. The number of aryl methyl sites for hydroxylation is 1. The lowest BCUT2D eigenvalue weighted by molar-refractivity contribution is -0.138. The number of ether oxygens (including phenoxy) is 1. The van der Waals surface area contributed by atoms with Gasteiger partial charge in [0.2, 0.25) is 15.9 Å². The summed E-state index contributed by atoms with van der Waals surface area (Å²) < 4.78 is 33.2. The molecule has 1 atom stereocenters. The van der Waals surface area contributed by atoms with Crippen molar-refractivity contribution in [2.75, 3.05) is 53.4 Å². The average Bonchev–Trinajstić information content (AvgIpc) is 2.68. The number of amides is 1. The molecule has 8 heteroatoms. The predicted molar refractivity (Wildman–Crippen MR) is 103 cm³/mol. The number of nitrogens with zero attached hydrogens (tertiary/aromatic N) is 3. The van der Waals surface area contributed by atoms with Gasteiger partial charge in [0, 0.05) is 39.3 Å². The summed E-state index contributed by atoms with van der Waals surface area (Å²) in [6.07, 6.45) is 1.43. The van der Waals surface area contributed by atoms with Gasteiger partial charge in [-0.1, -0.05) is 6.07 Å². The van der Waals surface area contributed by atoms with Crippen LogP contribution in [0.3, 0.4) is 0 Å². The molecule has 2 heterocycles. The molecule has 2 fully saturated rings. The fourth-order valence-electron chi connectivity index (χ4n) is 3.77. The molecule has 1 aromatic carbocycles. The fraction of sp³-hybridized carbons (Fsp3) is 0.632. The molecule has 150 valence electrons. The van der Waals surface area contributed by atoms with Crippen LogP contribution in [-0.2, 0) is 14.8 Å². The highest BCUT2D eigenvalue weighted by molar-refractivity contribution is 7.89. The highest BCUT2D eigenvalue weighted by atomic mass is 32.2. The van der Waals surface area contributed by atoms with Gasteiger partial charge < -0.3 is 14.5 Å². The van der Waals surface area contributed by atoms with Crippen LogP contribution in [0, 0.1) is 12.8 Å². The minimum absolute atomic E-state index is 0.0826. The number of piperidine rings is 1. The van der Waals surface area contributed by atoms with Crippen LogP contribution in [0.15, 0.2) is 23.1 Å². The molecule has 27 heavy (non-hydrogen) atoms. The molecule has 0 saturated carbocycles. The molecule has 0 aliphatic carbocycles. The van der Waals surface area contributed by atoms with Crippen molar-refractivity contribution >= 4 is 15.9 Å². The average molecular weight is 396 g/mol. The number of piperazine rings is 1. The van der Waals surface area contributed by atoms with Crippen LogP contribution in [0.1, 0.15) is 18.4 Å². The summed E-state index contributed by atoms with van der Waals surface area (Å²) in [6.45, 7) is 5.68. The molecule has 2 aliphatic rings. The molecule has 0 radical (unpaired) electrons. The number of carbonyl (C=O) groups is 1. The zero-order valence-corrected chi connectivity index (χ0v) is 17.2. The summed E-state index contributed by atoms with van der Waals surface area (Å²) >= 11 is 0. The summed E-state index contributed by atoms with van der Waals surface area (Å²) in [5.41, 5.74) is 0.858. The highest BCUT2D eigenvalue weighted by Gasteiger charge is 2.36. The Morgan fingerprint density at radius 2 is 1.85 bits per heavy atom. The molecule has 3 rings (SSSR count). The van der Waals surface area contributed by atoms with Gasteiger partial charge in [0.05, 0.1) is 13.0 Å². The second-order valence-corrected chi connectivity index (χ2v) is 9.39. The van der Waals surface area contributed by atoms with Crippen molar-refractivity contribution in [3.05, 3.63) is 23.8 Å². The zero-order chi connectivity index (χ0) is 19.6. The first kappa shape index (κ1) is 20.1. The van der Waals surface area contributed by atoms with Gasteiger partial charge in [-0.2, -0.15) is 4.31 Å². The van der Waals surface area contributed by atoms with Crippen molar-refractivity contribution in [1.29, 1.82) is 0 Å². The van der Waals surface area contributed by atoms with Crippen LogP contribution in [0.5, 0.6) is 5.75 Å². The largest absolute Gasteiger partial charge is 0.495 e. The molecule has 1 aromatic rings. The lowest BCUT2D eigenvalue weighted by atomic mass is 9.98. The molecule has 7 nitrogen and oxygen atoms in total. The van der Waals surface area contributed by atoms with E-state index in [4.69, 9.17) is 4.74 Å². The van der Waals surface area contributed by atoms with E-state index >= 15 is 0 Å². The van der Waals surface area contributed by atoms with E-state index in [-0.39, 0.29) is 23.3 Å². The minimum Gasteiger partial charge on any atom is -0.495 e. The lowest BCUT2D eigenvalue weighted by Gasteiger charge is -2.37. The Kier molecular flexibility index (Phi) is 6.08. The number of likely N-dealkylation sites (N-methyl/N-ethyl adjacent to an activating group) is 1. The summed E-state index contributed by atoms with van der Waals surface area (Å²) in [6, 6.07) is 5.15. The SMILES string of the molecule is COc1ccc(C)cc1S(=O)(=O)N1CCCC(C(=O)N2CCN(C)CC2)C1. The van der Waals surface area contributed by atoms with Gasteiger partial charge in [-0.05, 0) is 44.5 Å². The highest BCUT2D eigenvalue weighted by Crippen LogP contribution is 2.31. The van der Waals surface area contributed by atoms with E-state index in [1.54, 1.807) is 12.1 Å². The van der Waals surface area contributed by atoms with Crippen molar-refractivity contribution in [3.63, 3.8) is 0 Å². The standard InChI is InChI=1S/C19H29N3O4S/c1-15-6-7-17(26-3)18(13-15)27(24,25)22-8-4-5-16(14-22)19(23)21-11-9-20(2)10-12-21/h6-7,13,16H,4-5,8-12,14H2,1-3H3. The number of methoxy groups -OCH3 is 1. The third kappa shape index (κ3) is 4.28. The van der Waals surface area contributed by atoms with Crippen LogP contribution in [0.25, 0.3) is 0 Å². The fourth-order valence-corrected chi connectivity index (χ4v) is 5.54. The summed E-state index contributed by atoms with van der Waals surface area (Å²) in [4.78, 5) is 17.2. The number of carbonyl (C=O) groups excluding carboxylic acids is 1. The van der Waals surface area contributed by atoms with Crippen LogP contribution in [0.2, 0.25) is 0 Å². The van der Waals surface area contributed by atoms with Crippen molar-refractivity contribution in [3.8, 4) is 5.75 Å². The van der Waals surface area contributed by atoms with E-state index in [9.17, 15) is 13.2 Å². The van der Waals surface area contributed by atoms with Gasteiger partial charge in [0.1, 0.15) is 10.6 Å². The second-order valence-electron chi connectivity index (χ2n) is 7.49. The van der Waals surface area contributed by atoms with E-state index < -0.39 is 10.0 Å². The van der Waals surface area contributed by atoms with Gasteiger partial charge in [-0.25, -0.2) is 8.42 Å². The number of hydrogen-bond donors (Lipinski definition) is 0. The van der Waals surface area contributed by atoms with Crippen LogP contribution < -0.4 is 4.74 Å². The van der Waals surface area contributed by atoms with Crippen molar-refractivity contribution < 1.29 is 17.9 Å². The maximum Gasteiger partial charge on any atom is 0.246 e. The Labute approximate surface area is 161 Å². The lowest BCUT2D eigenvalue weighted by Crippen LogP contribution is -2.52. The maximum atomic E-state index is 13.2. The van der Waals surface area contributed by atoms with Crippen molar-refractivity contribution in [2.24, 2.45) is 5.92 Å². The van der Waals surface area contributed by atoms with Crippen LogP contribution >= 0.6 is 0 Å². The van der Waals surface area contributed by atoms with Gasteiger partial charge >= 0.3 is 0 Å². The Hall–Kier alpha value is -1.64. The smallest absolute Gasteiger partial charge is 0.246 e. The Balaban J connectivity index is 1.77. The summed E-state index contributed by atoms with van der Waals surface area (Å²) in [7, 11) is -0.184. The maximum absolute atomic E-state index is 13.2. The molecule has 2 aliphatic heterocycles. The predicted octanol–water partition coefficient (Wildman–Crippen LogP) is 1.18. The molecular weight excluding hydrogens is 366 g/mol. The van der Waals surface area contributed by atoms with E-state index in [1.165, 1.54) is 11.4 Å². The first-order chi connectivity index (χ1) is 12.8. The van der Waals surface area contributed by atoms with Gasteiger partial charge in [-0.3, -0.25) is 4.79 Å². The topological polar surface area (TPSA) is 70.2 Å². The third-order valence-corrected chi connectivity index (χ3v) is 7.37. The minimum atomic E-state index is -3.70. The first-order valence-electron chi connectivity index (χ1n) is 9.45. The van der Waals surface area contributed by atoms with Crippen molar-refractivity contribution in [2.45, 2.75) is 24.7 Å². The number of rotatable bonds is 4. The Morgan fingerprint density at radius 1 is 1.15 bits per heavy atom. The van der Waals surface area contributed by atoms with Gasteiger partial charge in [0.15, 0.2) is 0 Å². The summed E-state index contributed by atoms with van der Waals surface area (Å²) in [5, 5.41) is 0. The van der Waals surface area contributed by atoms with E-state index in [0.29, 0.717) is 31.8 Å². The van der Waals surface area contributed by atoms with E-state index in [2.05, 4.69) is 4.90 Å². The number of benzene rings is 1. The van der Waals surface area contributed by atoms with Gasteiger partial charge in [0.25, 0.3) is 0 Å². The molecule has 0 aromatic heterocycles. The Bertz CT molecular complexity index is 788. The van der Waals surface area contributed by atoms with Crippen LogP contribution in [-0.4, -0.2) is 81.9 Å². The number of hydrogen-bond acceptors (Lipinski definition) is 5.